The fourth-order valence-corrected chi connectivity index (χ4v) is 5.37. The Morgan fingerprint density at radius 1 is 1.22 bits per heavy atom. The van der Waals surface area contributed by atoms with Crippen molar-refractivity contribution in [3.05, 3.63) is 45.4 Å². The van der Waals surface area contributed by atoms with Gasteiger partial charge in [-0.3, -0.25) is 19.3 Å². The molecule has 3 fully saturated rings. The molecule has 2 N–H and O–H groups in total. The van der Waals surface area contributed by atoms with Crippen molar-refractivity contribution >= 4 is 52.0 Å². The number of thiophene rings is 1. The van der Waals surface area contributed by atoms with E-state index in [1.54, 1.807) is 18.2 Å². The van der Waals surface area contributed by atoms with Crippen LogP contribution in [0.15, 0.2) is 30.3 Å². The number of hydrogen-bond acceptors (Lipinski definition) is 6. The van der Waals surface area contributed by atoms with Crippen molar-refractivity contribution < 1.29 is 23.5 Å². The lowest BCUT2D eigenvalue weighted by atomic mass is 10.1. The topological polar surface area (TPSA) is 91.0 Å². The summed E-state index contributed by atoms with van der Waals surface area (Å²) in [6.07, 6.45) is 4.32. The Hall–Kier alpha value is -2.53. The van der Waals surface area contributed by atoms with Crippen LogP contribution >= 0.6 is 22.9 Å². The maximum absolute atomic E-state index is 14.9. The molecule has 3 aliphatic rings. The van der Waals surface area contributed by atoms with Crippen molar-refractivity contribution in [3.8, 4) is 0 Å². The van der Waals surface area contributed by atoms with Crippen LogP contribution in [0.2, 0.25) is 4.34 Å². The van der Waals surface area contributed by atoms with Gasteiger partial charge in [0, 0.05) is 31.4 Å². The highest BCUT2D eigenvalue weighted by Gasteiger charge is 2.40. The first-order valence-corrected chi connectivity index (χ1v) is 13.4. The summed E-state index contributed by atoms with van der Waals surface area (Å²) in [5.41, 5.74) is 0.457. The number of rotatable bonds is 10. The molecule has 1 aliphatic heterocycles. The minimum Gasteiger partial charge on any atom is -0.370 e. The minimum absolute atomic E-state index is 0.0823. The third-order valence-corrected chi connectivity index (χ3v) is 7.86. The van der Waals surface area contributed by atoms with E-state index in [4.69, 9.17) is 16.3 Å². The van der Waals surface area contributed by atoms with Gasteiger partial charge < -0.3 is 20.3 Å². The van der Waals surface area contributed by atoms with Gasteiger partial charge in [-0.25, -0.2) is 4.39 Å². The van der Waals surface area contributed by atoms with E-state index in [-0.39, 0.29) is 43.1 Å². The molecule has 8 nitrogen and oxygen atoms in total. The maximum atomic E-state index is 14.9. The minimum atomic E-state index is -0.598. The third-order valence-electron chi connectivity index (χ3n) is 6.63. The average Bonchev–Trinajstić information content (AvgIpc) is 3.78. The van der Waals surface area contributed by atoms with Gasteiger partial charge in [0.2, 0.25) is 5.91 Å². The van der Waals surface area contributed by atoms with E-state index in [0.29, 0.717) is 33.5 Å². The number of benzene rings is 1. The number of anilines is 2. The number of hydrogen-bond donors (Lipinski definition) is 2. The molecule has 1 saturated heterocycles. The van der Waals surface area contributed by atoms with Gasteiger partial charge in [-0.1, -0.05) is 11.6 Å². The first-order valence-electron chi connectivity index (χ1n) is 12.2. The highest BCUT2D eigenvalue weighted by Crippen LogP contribution is 2.36. The van der Waals surface area contributed by atoms with Crippen molar-refractivity contribution in [3.63, 3.8) is 0 Å². The summed E-state index contributed by atoms with van der Waals surface area (Å²) in [7, 11) is 0. The van der Waals surface area contributed by atoms with Crippen molar-refractivity contribution in [1.82, 2.24) is 10.2 Å². The number of amides is 3. The van der Waals surface area contributed by atoms with E-state index in [1.165, 1.54) is 28.4 Å². The van der Waals surface area contributed by atoms with Gasteiger partial charge in [-0.15, -0.1) is 11.3 Å². The summed E-state index contributed by atoms with van der Waals surface area (Å²) < 4.78 is 20.6. The second kappa shape index (κ2) is 10.8. The molecule has 0 spiro atoms. The smallest absolute Gasteiger partial charge is 0.261 e. The van der Waals surface area contributed by atoms with Crippen LogP contribution in [0.1, 0.15) is 35.4 Å². The monoisotopic (exact) mass is 534 g/mol. The molecule has 1 aromatic heterocycles. The molecule has 36 heavy (non-hydrogen) atoms. The SMILES string of the molecule is O=C(NC[C@H](C(=O)Nc1ccc(N2CCOCC2=O)c(F)c1)N(CC1CC1)C1CC1)c1ccc(Cl)s1. The molecular formula is C25H28ClFN4O4S. The lowest BCUT2D eigenvalue weighted by molar-refractivity contribution is -0.125. The normalized spacial score (nSPS) is 18.9. The van der Waals surface area contributed by atoms with Crippen molar-refractivity contribution in [2.75, 3.05) is 43.1 Å². The largest absolute Gasteiger partial charge is 0.370 e. The number of nitrogens with zero attached hydrogens (tertiary/aromatic N) is 2. The Morgan fingerprint density at radius 2 is 2.03 bits per heavy atom. The Kier molecular flexibility index (Phi) is 7.57. The second-order valence-corrected chi connectivity index (χ2v) is 11.2. The fraction of sp³-hybridized carbons (Fsp3) is 0.480. The molecule has 0 bridgehead atoms. The molecular weight excluding hydrogens is 507 g/mol. The van der Waals surface area contributed by atoms with E-state index >= 15 is 0 Å². The zero-order valence-electron chi connectivity index (χ0n) is 19.7. The van der Waals surface area contributed by atoms with Crippen molar-refractivity contribution in [1.29, 1.82) is 0 Å². The quantitative estimate of drug-likeness (QED) is 0.487. The first-order chi connectivity index (χ1) is 17.4. The number of carbonyl (C=O) groups excluding carboxylic acids is 3. The summed E-state index contributed by atoms with van der Waals surface area (Å²) in [6, 6.07) is 7.34. The molecule has 3 amide bonds. The van der Waals surface area contributed by atoms with Gasteiger partial charge in [0.25, 0.3) is 11.8 Å². The van der Waals surface area contributed by atoms with Crippen LogP contribution in [0.25, 0.3) is 0 Å². The van der Waals surface area contributed by atoms with Crippen LogP contribution in [0.5, 0.6) is 0 Å². The number of carbonyl (C=O) groups is 3. The summed E-state index contributed by atoms with van der Waals surface area (Å²) in [4.78, 5) is 42.2. The van der Waals surface area contributed by atoms with Gasteiger partial charge in [-0.2, -0.15) is 0 Å². The number of nitrogens with one attached hydrogen (secondary N) is 2. The third kappa shape index (κ3) is 6.05. The standard InChI is InChI=1S/C25H28ClFN4O4S/c26-22-8-7-21(36-22)25(34)28-12-20(31(17-4-5-17)13-15-1-2-15)24(33)29-16-3-6-19(18(27)11-16)30-9-10-35-14-23(30)32/h3,6-8,11,15,17,20H,1-2,4-5,9-10,12-14H2,(H,28,34)(H,29,33)/t20-/m1/s1. The fourth-order valence-electron chi connectivity index (χ4n) is 4.41. The second-order valence-electron chi connectivity index (χ2n) is 9.45. The Labute approximate surface area is 217 Å². The van der Waals surface area contributed by atoms with E-state index < -0.39 is 11.9 Å². The van der Waals surface area contributed by atoms with Crippen LogP contribution in [0, 0.1) is 11.7 Å². The molecule has 2 heterocycles. The average molecular weight is 535 g/mol. The highest BCUT2D eigenvalue weighted by molar-refractivity contribution is 7.18. The van der Waals surface area contributed by atoms with Crippen LogP contribution in [-0.2, 0) is 14.3 Å². The van der Waals surface area contributed by atoms with E-state index in [1.807, 2.05) is 0 Å². The first kappa shape index (κ1) is 25.1. The highest BCUT2D eigenvalue weighted by atomic mass is 35.5. The van der Waals surface area contributed by atoms with Gasteiger partial charge in [0.1, 0.15) is 18.5 Å². The van der Waals surface area contributed by atoms with Gasteiger partial charge in [0.05, 0.1) is 21.5 Å². The van der Waals surface area contributed by atoms with Crippen LogP contribution in [-0.4, -0.2) is 67.6 Å². The van der Waals surface area contributed by atoms with E-state index in [2.05, 4.69) is 15.5 Å². The molecule has 0 radical (unpaired) electrons. The zero-order valence-corrected chi connectivity index (χ0v) is 21.2. The molecule has 11 heteroatoms. The van der Waals surface area contributed by atoms with Crippen LogP contribution < -0.4 is 15.5 Å². The molecule has 0 unspecified atom stereocenters. The van der Waals surface area contributed by atoms with Crippen LogP contribution in [0.3, 0.4) is 0 Å². The Morgan fingerprint density at radius 3 is 2.67 bits per heavy atom. The van der Waals surface area contributed by atoms with Gasteiger partial charge >= 0.3 is 0 Å². The molecule has 2 aliphatic carbocycles. The number of ether oxygens (including phenoxy) is 1. The zero-order chi connectivity index (χ0) is 25.2. The summed E-state index contributed by atoms with van der Waals surface area (Å²) in [5, 5.41) is 5.71. The van der Waals surface area contributed by atoms with Crippen molar-refractivity contribution in [2.24, 2.45) is 5.92 Å². The van der Waals surface area contributed by atoms with E-state index in [0.717, 1.165) is 32.2 Å². The molecule has 1 atom stereocenters. The maximum Gasteiger partial charge on any atom is 0.261 e. The van der Waals surface area contributed by atoms with E-state index in [9.17, 15) is 18.8 Å². The Balaban J connectivity index is 1.30. The molecule has 2 aromatic rings. The number of morpholine rings is 1. The number of halogens is 2. The summed E-state index contributed by atoms with van der Waals surface area (Å²) in [5.74, 6) is -0.922. The Bertz CT molecular complexity index is 1150. The molecule has 192 valence electrons. The molecule has 1 aromatic carbocycles. The van der Waals surface area contributed by atoms with Gasteiger partial charge in [0.15, 0.2) is 0 Å². The van der Waals surface area contributed by atoms with Crippen molar-refractivity contribution in [2.45, 2.75) is 37.8 Å². The van der Waals surface area contributed by atoms with Crippen LogP contribution in [0.4, 0.5) is 15.8 Å². The van der Waals surface area contributed by atoms with Gasteiger partial charge in [-0.05, 0) is 61.9 Å². The molecule has 2 saturated carbocycles. The summed E-state index contributed by atoms with van der Waals surface area (Å²) >= 11 is 7.14. The summed E-state index contributed by atoms with van der Waals surface area (Å²) in [6.45, 7) is 1.46. The lowest BCUT2D eigenvalue weighted by Gasteiger charge is -2.31. The predicted molar refractivity (Wildman–Crippen MR) is 136 cm³/mol. The molecule has 5 rings (SSSR count). The lowest BCUT2D eigenvalue weighted by Crippen LogP contribution is -2.52. The predicted octanol–water partition coefficient (Wildman–Crippen LogP) is 3.52.